The van der Waals surface area contributed by atoms with E-state index in [1.54, 1.807) is 18.1 Å². The highest BCUT2D eigenvalue weighted by atomic mass is 32.1. The van der Waals surface area contributed by atoms with Gasteiger partial charge in [0.05, 0.1) is 17.5 Å². The van der Waals surface area contributed by atoms with Crippen molar-refractivity contribution < 1.29 is 4.79 Å². The van der Waals surface area contributed by atoms with E-state index in [9.17, 15) is 4.79 Å². The van der Waals surface area contributed by atoms with Gasteiger partial charge in [0.25, 0.3) is 0 Å². The first kappa shape index (κ1) is 14.6. The summed E-state index contributed by atoms with van der Waals surface area (Å²) in [7, 11) is 3.64. The normalized spacial score (nSPS) is 12.5. The summed E-state index contributed by atoms with van der Waals surface area (Å²) < 4.78 is 1.88. The molecule has 1 unspecified atom stereocenters. The average molecular weight is 268 g/mol. The largest absolute Gasteiger partial charge is 0.393 e. The molecule has 0 bridgehead atoms. The highest BCUT2D eigenvalue weighted by Gasteiger charge is 2.28. The van der Waals surface area contributed by atoms with Gasteiger partial charge in [-0.3, -0.25) is 4.79 Å². The minimum atomic E-state index is -0.412. The fourth-order valence-electron chi connectivity index (χ4n) is 1.81. The van der Waals surface area contributed by atoms with Gasteiger partial charge in [0.1, 0.15) is 5.82 Å². The van der Waals surface area contributed by atoms with Gasteiger partial charge in [0.15, 0.2) is 0 Å². The van der Waals surface area contributed by atoms with Crippen molar-refractivity contribution in [3.8, 4) is 0 Å². The van der Waals surface area contributed by atoms with E-state index in [1.807, 2.05) is 31.7 Å². The molecule has 0 fully saturated rings. The van der Waals surface area contributed by atoms with E-state index in [-0.39, 0.29) is 16.8 Å². The summed E-state index contributed by atoms with van der Waals surface area (Å²) in [6.45, 7) is 4.33. The number of hydrogen-bond donors (Lipinski definition) is 1. The van der Waals surface area contributed by atoms with Crippen molar-refractivity contribution in [1.82, 2.24) is 14.5 Å². The minimum absolute atomic E-state index is 0.0551. The Kier molecular flexibility index (Phi) is 4.84. The molecule has 0 spiro atoms. The Hall–Kier alpha value is -1.43. The predicted molar refractivity (Wildman–Crippen MR) is 74.8 cm³/mol. The number of carbonyl (C=O) groups excluding carboxylic acids is 1. The summed E-state index contributed by atoms with van der Waals surface area (Å²) in [6, 6.07) is 0. The van der Waals surface area contributed by atoms with Crippen molar-refractivity contribution in [2.24, 2.45) is 24.6 Å². The molecular weight excluding hydrogens is 248 g/mol. The molecule has 1 rings (SSSR count). The summed E-state index contributed by atoms with van der Waals surface area (Å²) >= 11 is 4.97. The summed E-state index contributed by atoms with van der Waals surface area (Å²) in [6.07, 6.45) is 3.56. The summed E-state index contributed by atoms with van der Waals surface area (Å²) in [5.41, 5.74) is 5.64. The fraction of sp³-hybridized carbons (Fsp3) is 0.583. The highest BCUT2D eigenvalue weighted by molar-refractivity contribution is 7.80. The quantitative estimate of drug-likeness (QED) is 0.807. The van der Waals surface area contributed by atoms with Crippen LogP contribution in [-0.4, -0.2) is 32.4 Å². The molecule has 6 heteroatoms. The number of thiocarbonyl (C=S) groups is 1. The lowest BCUT2D eigenvalue weighted by atomic mass is 9.94. The molecule has 18 heavy (non-hydrogen) atoms. The number of carbonyl (C=O) groups is 1. The molecule has 1 heterocycles. The average Bonchev–Trinajstić information content (AvgIpc) is 2.63. The van der Waals surface area contributed by atoms with Crippen LogP contribution in [0.5, 0.6) is 0 Å². The van der Waals surface area contributed by atoms with E-state index in [0.717, 1.165) is 5.82 Å². The summed E-state index contributed by atoms with van der Waals surface area (Å²) in [4.78, 5) is 18.3. The van der Waals surface area contributed by atoms with E-state index in [4.69, 9.17) is 18.0 Å². The number of aromatic nitrogens is 2. The zero-order valence-corrected chi connectivity index (χ0v) is 12.1. The van der Waals surface area contributed by atoms with Crippen molar-refractivity contribution in [3.63, 3.8) is 0 Å². The van der Waals surface area contributed by atoms with Crippen molar-refractivity contribution >= 4 is 23.1 Å². The smallest absolute Gasteiger partial charge is 0.232 e. The number of aryl methyl sites for hydroxylation is 1. The monoisotopic (exact) mass is 268 g/mol. The van der Waals surface area contributed by atoms with E-state index in [1.165, 1.54) is 0 Å². The van der Waals surface area contributed by atoms with Gasteiger partial charge < -0.3 is 15.2 Å². The second-order valence-electron chi connectivity index (χ2n) is 4.77. The van der Waals surface area contributed by atoms with Crippen LogP contribution in [0.25, 0.3) is 0 Å². The van der Waals surface area contributed by atoms with Crippen LogP contribution in [0.2, 0.25) is 0 Å². The number of imidazole rings is 1. The van der Waals surface area contributed by atoms with E-state index in [2.05, 4.69) is 4.98 Å². The fourth-order valence-corrected chi connectivity index (χ4v) is 2.18. The lowest BCUT2D eigenvalue weighted by Crippen LogP contribution is -2.41. The van der Waals surface area contributed by atoms with Gasteiger partial charge in [0.2, 0.25) is 5.91 Å². The Bertz CT molecular complexity index is 441. The second kappa shape index (κ2) is 5.95. The van der Waals surface area contributed by atoms with Crippen LogP contribution in [0.15, 0.2) is 12.4 Å². The molecule has 0 aromatic carbocycles. The Balaban J connectivity index is 2.77. The van der Waals surface area contributed by atoms with Gasteiger partial charge in [-0.25, -0.2) is 4.98 Å². The van der Waals surface area contributed by atoms with Gasteiger partial charge in [-0.1, -0.05) is 26.1 Å². The van der Waals surface area contributed by atoms with Crippen LogP contribution in [-0.2, 0) is 18.4 Å². The van der Waals surface area contributed by atoms with Gasteiger partial charge in [-0.2, -0.15) is 0 Å². The lowest BCUT2D eigenvalue weighted by molar-refractivity contribution is -0.133. The molecule has 100 valence electrons. The van der Waals surface area contributed by atoms with Crippen LogP contribution in [0.1, 0.15) is 19.7 Å². The van der Waals surface area contributed by atoms with Crippen LogP contribution in [0.4, 0.5) is 0 Å². The zero-order chi connectivity index (χ0) is 13.9. The minimum Gasteiger partial charge on any atom is -0.393 e. The summed E-state index contributed by atoms with van der Waals surface area (Å²) in [5.74, 6) is 0.459. The van der Waals surface area contributed by atoms with E-state index < -0.39 is 5.92 Å². The standard InChI is InChI=1S/C12H20N4OS/c1-8(2)10(11(13)18)12(17)16(4)7-9-14-5-6-15(9)3/h5-6,8,10H,7H2,1-4H3,(H2,13,18). The maximum atomic E-state index is 12.3. The zero-order valence-electron chi connectivity index (χ0n) is 11.3. The first-order valence-corrected chi connectivity index (χ1v) is 6.26. The van der Waals surface area contributed by atoms with Crippen LogP contribution < -0.4 is 5.73 Å². The third-order valence-electron chi connectivity index (χ3n) is 2.92. The Morgan fingerprint density at radius 3 is 2.61 bits per heavy atom. The van der Waals surface area contributed by atoms with Crippen molar-refractivity contribution in [2.75, 3.05) is 7.05 Å². The lowest BCUT2D eigenvalue weighted by Gasteiger charge is -2.25. The Morgan fingerprint density at radius 1 is 1.61 bits per heavy atom. The molecule has 2 N–H and O–H groups in total. The van der Waals surface area contributed by atoms with E-state index >= 15 is 0 Å². The molecule has 0 saturated heterocycles. The maximum absolute atomic E-state index is 12.3. The molecule has 1 amide bonds. The Labute approximate surface area is 113 Å². The van der Waals surface area contributed by atoms with Crippen molar-refractivity contribution in [1.29, 1.82) is 0 Å². The third-order valence-corrected chi connectivity index (χ3v) is 3.17. The number of nitrogens with zero attached hydrogens (tertiary/aromatic N) is 3. The molecule has 0 aliphatic rings. The van der Waals surface area contributed by atoms with E-state index in [0.29, 0.717) is 6.54 Å². The van der Waals surface area contributed by atoms with Crippen molar-refractivity contribution in [3.05, 3.63) is 18.2 Å². The molecule has 1 atom stereocenters. The molecule has 1 aromatic heterocycles. The highest BCUT2D eigenvalue weighted by Crippen LogP contribution is 2.15. The molecule has 0 saturated carbocycles. The molecule has 0 aliphatic carbocycles. The molecule has 0 radical (unpaired) electrons. The third kappa shape index (κ3) is 3.29. The van der Waals surface area contributed by atoms with Crippen molar-refractivity contribution in [2.45, 2.75) is 20.4 Å². The first-order valence-electron chi connectivity index (χ1n) is 5.85. The maximum Gasteiger partial charge on any atom is 0.232 e. The SMILES string of the molecule is CC(C)C(C(=O)N(C)Cc1nccn1C)C(N)=S. The second-order valence-corrected chi connectivity index (χ2v) is 5.24. The summed E-state index contributed by atoms with van der Waals surface area (Å²) in [5, 5.41) is 0. The molecule has 0 aliphatic heterocycles. The van der Waals surface area contributed by atoms with Gasteiger partial charge in [-0.15, -0.1) is 0 Å². The molecule has 5 nitrogen and oxygen atoms in total. The molecular formula is C12H20N4OS. The number of nitrogens with two attached hydrogens (primary N) is 1. The van der Waals surface area contributed by atoms with Crippen LogP contribution in [0.3, 0.4) is 0 Å². The van der Waals surface area contributed by atoms with Crippen LogP contribution >= 0.6 is 12.2 Å². The first-order chi connectivity index (χ1) is 8.34. The molecule has 1 aromatic rings. The number of hydrogen-bond acceptors (Lipinski definition) is 3. The Morgan fingerprint density at radius 2 is 2.22 bits per heavy atom. The topological polar surface area (TPSA) is 64.2 Å². The predicted octanol–water partition coefficient (Wildman–Crippen LogP) is 0.937. The van der Waals surface area contributed by atoms with Gasteiger partial charge in [0, 0.05) is 26.5 Å². The number of rotatable bonds is 5. The van der Waals surface area contributed by atoms with Crippen LogP contribution in [0, 0.1) is 11.8 Å². The van der Waals surface area contributed by atoms with Gasteiger partial charge >= 0.3 is 0 Å². The van der Waals surface area contributed by atoms with Gasteiger partial charge in [-0.05, 0) is 5.92 Å². The number of amides is 1.